The molecule has 0 saturated carbocycles. The number of rotatable bonds is 6. The maximum Gasteiger partial charge on any atom is 0.224 e. The minimum Gasteiger partial charge on any atom is -0.361 e. The molecule has 0 aliphatic rings. The van der Waals surface area contributed by atoms with Gasteiger partial charge in [0.1, 0.15) is 0 Å². The van der Waals surface area contributed by atoms with Gasteiger partial charge < -0.3 is 10.3 Å². The monoisotopic (exact) mass is 327 g/mol. The minimum absolute atomic E-state index is 0.0544. The number of H-pyrrole nitrogens is 1. The second-order valence-electron chi connectivity index (χ2n) is 5.60. The predicted octanol–water partition coefficient (Wildman–Crippen LogP) is 3.40. The van der Waals surface area contributed by atoms with E-state index in [0.29, 0.717) is 13.0 Å². The van der Waals surface area contributed by atoms with Crippen molar-refractivity contribution >= 4 is 28.1 Å². The number of thiazole rings is 1. The average Bonchev–Trinajstić information content (AvgIpc) is 3.11. The Balaban J connectivity index is 1.53. The molecule has 23 heavy (non-hydrogen) atoms. The van der Waals surface area contributed by atoms with Gasteiger partial charge in [0.05, 0.1) is 17.1 Å². The van der Waals surface area contributed by atoms with Crippen LogP contribution in [0.3, 0.4) is 0 Å². The van der Waals surface area contributed by atoms with E-state index in [-0.39, 0.29) is 5.91 Å². The summed E-state index contributed by atoms with van der Waals surface area (Å²) in [7, 11) is 0. The molecule has 3 aromatic rings. The Morgan fingerprint density at radius 2 is 2.17 bits per heavy atom. The van der Waals surface area contributed by atoms with Gasteiger partial charge in [0.15, 0.2) is 0 Å². The summed E-state index contributed by atoms with van der Waals surface area (Å²) in [6.45, 7) is 4.86. The van der Waals surface area contributed by atoms with Crippen molar-refractivity contribution in [3.8, 4) is 0 Å². The molecule has 0 saturated heterocycles. The van der Waals surface area contributed by atoms with Crippen molar-refractivity contribution in [3.05, 3.63) is 51.6 Å². The predicted molar refractivity (Wildman–Crippen MR) is 94.9 cm³/mol. The van der Waals surface area contributed by atoms with Gasteiger partial charge in [-0.05, 0) is 25.0 Å². The van der Waals surface area contributed by atoms with Crippen LogP contribution in [0, 0.1) is 6.92 Å². The molecule has 0 aliphatic heterocycles. The van der Waals surface area contributed by atoms with Crippen molar-refractivity contribution < 1.29 is 4.79 Å². The molecule has 1 aromatic carbocycles. The molecule has 0 radical (unpaired) electrons. The molecule has 1 amide bonds. The Labute approximate surface area is 140 Å². The smallest absolute Gasteiger partial charge is 0.224 e. The highest BCUT2D eigenvalue weighted by Gasteiger charge is 2.09. The number of carbonyl (C=O) groups excluding carboxylic acids is 1. The Morgan fingerprint density at radius 1 is 1.35 bits per heavy atom. The standard InChI is InChI=1S/C18H21N3OS/c1-3-15-12(2)23-18(21-15)8-9-19-17(22)10-13-11-20-16-7-5-4-6-14(13)16/h4-7,11,20H,3,8-10H2,1-2H3,(H,19,22). The van der Waals surface area contributed by atoms with Gasteiger partial charge in [0.25, 0.3) is 0 Å². The zero-order valence-corrected chi connectivity index (χ0v) is 14.3. The summed E-state index contributed by atoms with van der Waals surface area (Å²) in [4.78, 5) is 21.2. The number of benzene rings is 1. The third kappa shape index (κ3) is 3.62. The van der Waals surface area contributed by atoms with E-state index in [4.69, 9.17) is 0 Å². The summed E-state index contributed by atoms with van der Waals surface area (Å²) in [5, 5.41) is 5.21. The van der Waals surface area contributed by atoms with Crippen LogP contribution >= 0.6 is 11.3 Å². The van der Waals surface area contributed by atoms with Crippen LogP contribution in [-0.4, -0.2) is 22.4 Å². The van der Waals surface area contributed by atoms with Crippen molar-refractivity contribution in [2.45, 2.75) is 33.1 Å². The molecule has 0 unspecified atom stereocenters. The normalized spacial score (nSPS) is 11.0. The molecule has 4 nitrogen and oxygen atoms in total. The van der Waals surface area contributed by atoms with E-state index < -0.39 is 0 Å². The molecule has 0 atom stereocenters. The molecule has 2 N–H and O–H groups in total. The number of hydrogen-bond donors (Lipinski definition) is 2. The lowest BCUT2D eigenvalue weighted by Gasteiger charge is -2.03. The highest BCUT2D eigenvalue weighted by molar-refractivity contribution is 7.11. The lowest BCUT2D eigenvalue weighted by Crippen LogP contribution is -2.27. The molecule has 2 heterocycles. The van der Waals surface area contributed by atoms with Crippen LogP contribution < -0.4 is 5.32 Å². The number of carbonyl (C=O) groups is 1. The van der Waals surface area contributed by atoms with Gasteiger partial charge in [-0.25, -0.2) is 4.98 Å². The van der Waals surface area contributed by atoms with E-state index in [0.717, 1.165) is 34.3 Å². The molecule has 0 bridgehead atoms. The van der Waals surface area contributed by atoms with Crippen molar-refractivity contribution in [1.29, 1.82) is 0 Å². The quantitative estimate of drug-likeness (QED) is 0.729. The zero-order valence-electron chi connectivity index (χ0n) is 13.5. The van der Waals surface area contributed by atoms with Crippen molar-refractivity contribution in [3.63, 3.8) is 0 Å². The van der Waals surface area contributed by atoms with E-state index in [9.17, 15) is 4.79 Å². The fourth-order valence-electron chi connectivity index (χ4n) is 2.74. The van der Waals surface area contributed by atoms with Gasteiger partial charge in [-0.2, -0.15) is 0 Å². The van der Waals surface area contributed by atoms with Crippen LogP contribution in [-0.2, 0) is 24.1 Å². The van der Waals surface area contributed by atoms with Crippen LogP contribution in [0.2, 0.25) is 0 Å². The SMILES string of the molecule is CCc1nc(CCNC(=O)Cc2c[nH]c3ccccc23)sc1C. The molecule has 3 rings (SSSR count). The highest BCUT2D eigenvalue weighted by atomic mass is 32.1. The Kier molecular flexibility index (Phi) is 4.76. The zero-order chi connectivity index (χ0) is 16.2. The van der Waals surface area contributed by atoms with Crippen LogP contribution in [0.4, 0.5) is 0 Å². The molecular formula is C18H21N3OS. The number of para-hydroxylation sites is 1. The molecule has 5 heteroatoms. The van der Waals surface area contributed by atoms with Gasteiger partial charge in [0, 0.05) is 34.9 Å². The van der Waals surface area contributed by atoms with E-state index >= 15 is 0 Å². The van der Waals surface area contributed by atoms with Crippen LogP contribution in [0.15, 0.2) is 30.5 Å². The van der Waals surface area contributed by atoms with E-state index in [1.807, 2.05) is 30.5 Å². The first-order valence-electron chi connectivity index (χ1n) is 7.94. The molecule has 2 aromatic heterocycles. The Hall–Kier alpha value is -2.14. The van der Waals surface area contributed by atoms with E-state index in [2.05, 4.69) is 29.1 Å². The van der Waals surface area contributed by atoms with Gasteiger partial charge in [0.2, 0.25) is 5.91 Å². The third-order valence-electron chi connectivity index (χ3n) is 3.96. The number of nitrogens with one attached hydrogen (secondary N) is 2. The summed E-state index contributed by atoms with van der Waals surface area (Å²) in [6, 6.07) is 8.04. The molecule has 0 fully saturated rings. The first kappa shape index (κ1) is 15.7. The first-order valence-corrected chi connectivity index (χ1v) is 8.76. The van der Waals surface area contributed by atoms with Gasteiger partial charge in [-0.1, -0.05) is 25.1 Å². The van der Waals surface area contributed by atoms with Crippen molar-refractivity contribution in [1.82, 2.24) is 15.3 Å². The van der Waals surface area contributed by atoms with Crippen LogP contribution in [0.1, 0.15) is 28.1 Å². The number of aromatic amines is 1. The molecule has 0 spiro atoms. The number of nitrogens with zero attached hydrogens (tertiary/aromatic N) is 1. The lowest BCUT2D eigenvalue weighted by molar-refractivity contribution is -0.120. The summed E-state index contributed by atoms with van der Waals surface area (Å²) < 4.78 is 0. The highest BCUT2D eigenvalue weighted by Crippen LogP contribution is 2.19. The second kappa shape index (κ2) is 6.96. The van der Waals surface area contributed by atoms with Crippen molar-refractivity contribution in [2.24, 2.45) is 0 Å². The fourth-order valence-corrected chi connectivity index (χ4v) is 3.77. The molecular weight excluding hydrogens is 306 g/mol. The van der Waals surface area contributed by atoms with E-state index in [1.165, 1.54) is 10.6 Å². The number of aryl methyl sites for hydroxylation is 2. The van der Waals surface area contributed by atoms with Crippen molar-refractivity contribution in [2.75, 3.05) is 6.54 Å². The largest absolute Gasteiger partial charge is 0.361 e. The summed E-state index contributed by atoms with van der Waals surface area (Å²) in [5.41, 5.74) is 3.28. The van der Waals surface area contributed by atoms with E-state index in [1.54, 1.807) is 11.3 Å². The van der Waals surface area contributed by atoms with Gasteiger partial charge in [-0.15, -0.1) is 11.3 Å². The second-order valence-corrected chi connectivity index (χ2v) is 6.89. The number of amides is 1. The van der Waals surface area contributed by atoms with Gasteiger partial charge >= 0.3 is 0 Å². The topological polar surface area (TPSA) is 57.8 Å². The van der Waals surface area contributed by atoms with Crippen LogP contribution in [0.5, 0.6) is 0 Å². The average molecular weight is 327 g/mol. The molecule has 120 valence electrons. The lowest BCUT2D eigenvalue weighted by atomic mass is 10.1. The minimum atomic E-state index is 0.0544. The number of fused-ring (bicyclic) bond motifs is 1. The van der Waals surface area contributed by atoms with Crippen LogP contribution in [0.25, 0.3) is 10.9 Å². The maximum atomic E-state index is 12.1. The third-order valence-corrected chi connectivity index (χ3v) is 5.03. The maximum absolute atomic E-state index is 12.1. The first-order chi connectivity index (χ1) is 11.2. The number of aromatic nitrogens is 2. The summed E-state index contributed by atoms with van der Waals surface area (Å²) in [5.74, 6) is 0.0544. The summed E-state index contributed by atoms with van der Waals surface area (Å²) >= 11 is 1.73. The Bertz CT molecular complexity index is 819. The molecule has 0 aliphatic carbocycles. The fraction of sp³-hybridized carbons (Fsp3) is 0.333. The van der Waals surface area contributed by atoms with Gasteiger partial charge in [-0.3, -0.25) is 4.79 Å². The Morgan fingerprint density at radius 3 is 2.96 bits per heavy atom. The number of hydrogen-bond acceptors (Lipinski definition) is 3. The summed E-state index contributed by atoms with van der Waals surface area (Å²) in [6.07, 6.45) is 4.09.